The fourth-order valence-corrected chi connectivity index (χ4v) is 24.1. The van der Waals surface area contributed by atoms with Crippen LogP contribution in [0.2, 0.25) is 5.28 Å². The summed E-state index contributed by atoms with van der Waals surface area (Å²) >= 11 is 13.9. The van der Waals surface area contributed by atoms with Gasteiger partial charge in [0.1, 0.15) is 0 Å². The first kappa shape index (κ1) is 71.5. The summed E-state index contributed by atoms with van der Waals surface area (Å²) < 4.78 is 31.7. The van der Waals surface area contributed by atoms with E-state index in [1.54, 1.807) is 22.7 Å². The Morgan fingerprint density at radius 1 is 0.279 bits per heavy atom. The minimum Gasteiger partial charge on any atom is -0.399 e. The second-order valence-electron chi connectivity index (χ2n) is 32.6. The summed E-state index contributed by atoms with van der Waals surface area (Å²) in [5.74, 6) is 2.46. The third-order valence-corrected chi connectivity index (χ3v) is 30.2. The molecule has 0 radical (unpaired) electrons. The van der Waals surface area contributed by atoms with Gasteiger partial charge in [-0.05, 0) is 142 Å². The highest BCUT2D eigenvalue weighted by Crippen LogP contribution is 2.53. The predicted molar refractivity (Wildman–Crippen MR) is 521 cm³/mol. The number of nitrogens with zero attached hydrogens (tertiary/aromatic N) is 8. The molecule has 0 amide bonds. The monoisotopic (exact) mass is 1660 g/mol. The molecular formula is C106H68BClN8O2S4. The van der Waals surface area contributed by atoms with Crippen molar-refractivity contribution in [1.29, 1.82) is 0 Å². The van der Waals surface area contributed by atoms with E-state index in [1.807, 2.05) is 28.7 Å². The first-order valence-electron chi connectivity index (χ1n) is 41.0. The van der Waals surface area contributed by atoms with Gasteiger partial charge >= 0.3 is 7.12 Å². The van der Waals surface area contributed by atoms with E-state index in [4.69, 9.17) is 40.8 Å². The van der Waals surface area contributed by atoms with Crippen LogP contribution in [0.25, 0.3) is 224 Å². The van der Waals surface area contributed by atoms with Gasteiger partial charge in [0.05, 0.1) is 75.8 Å². The lowest BCUT2D eigenvalue weighted by molar-refractivity contribution is 0.00578. The number of hydrogen-bond acceptors (Lipinski definition) is 10. The van der Waals surface area contributed by atoms with Crippen molar-refractivity contribution in [2.24, 2.45) is 0 Å². The van der Waals surface area contributed by atoms with Crippen LogP contribution >= 0.6 is 56.9 Å². The van der Waals surface area contributed by atoms with Crippen molar-refractivity contribution in [3.8, 4) is 34.4 Å². The van der Waals surface area contributed by atoms with Gasteiger partial charge in [0.2, 0.25) is 5.28 Å². The van der Waals surface area contributed by atoms with E-state index < -0.39 is 0 Å². The molecule has 10 nitrogen and oxygen atoms in total. The van der Waals surface area contributed by atoms with Crippen LogP contribution < -0.4 is 5.46 Å². The molecule has 122 heavy (non-hydrogen) atoms. The Hall–Kier alpha value is -13.4. The van der Waals surface area contributed by atoms with Gasteiger partial charge in [0.25, 0.3) is 0 Å². The maximum atomic E-state index is 6.65. The molecule has 16 aromatic carbocycles. The van der Waals surface area contributed by atoms with E-state index in [-0.39, 0.29) is 23.6 Å². The molecule has 1 aliphatic rings. The lowest BCUT2D eigenvalue weighted by Gasteiger charge is -2.32. The molecule has 11 heterocycles. The fourth-order valence-electron chi connectivity index (χ4n) is 19.2. The quantitative estimate of drug-likeness (QED) is 0.122. The van der Waals surface area contributed by atoms with Gasteiger partial charge < -0.3 is 18.4 Å². The molecule has 0 atom stereocenters. The molecule has 0 unspecified atom stereocenters. The van der Waals surface area contributed by atoms with Crippen molar-refractivity contribution in [1.82, 2.24) is 38.2 Å². The van der Waals surface area contributed by atoms with E-state index in [9.17, 15) is 0 Å². The van der Waals surface area contributed by atoms with Gasteiger partial charge in [-0.2, -0.15) is 4.98 Å². The Kier molecular flexibility index (Phi) is 16.0. The zero-order valence-electron chi connectivity index (χ0n) is 66.3. The van der Waals surface area contributed by atoms with Crippen LogP contribution in [0.4, 0.5) is 0 Å². The number of para-hydroxylation sites is 6. The third kappa shape index (κ3) is 10.7. The van der Waals surface area contributed by atoms with Crippen molar-refractivity contribution < 1.29 is 9.31 Å². The molecule has 1 aliphatic heterocycles. The van der Waals surface area contributed by atoms with E-state index in [1.165, 1.54) is 136 Å². The number of fused-ring (bicyclic) bond motifs is 32. The molecule has 10 aromatic heterocycles. The van der Waals surface area contributed by atoms with Crippen molar-refractivity contribution in [2.75, 3.05) is 0 Å². The van der Waals surface area contributed by atoms with Crippen LogP contribution in [-0.2, 0) is 9.31 Å². The minimum atomic E-state index is -0.353. The first-order valence-corrected chi connectivity index (χ1v) is 44.7. The Morgan fingerprint density at radius 3 is 1.10 bits per heavy atom. The summed E-state index contributed by atoms with van der Waals surface area (Å²) in [7, 11) is -0.353. The van der Waals surface area contributed by atoms with Gasteiger partial charge in [0, 0.05) is 142 Å². The largest absolute Gasteiger partial charge is 0.494 e. The summed E-state index contributed by atoms with van der Waals surface area (Å²) in [6, 6.07) is 121. The van der Waals surface area contributed by atoms with Crippen LogP contribution in [0.15, 0.2) is 340 Å². The maximum Gasteiger partial charge on any atom is 0.494 e. The Bertz CT molecular complexity index is 8900. The third-order valence-electron chi connectivity index (χ3n) is 25.3. The average molecular weight is 1660 g/mol. The number of hydrogen-bond donors (Lipinski definition) is 0. The molecule has 0 saturated carbocycles. The topological polar surface area (TPSA) is 89.7 Å². The highest BCUT2D eigenvalue weighted by atomic mass is 35.5. The minimum absolute atomic E-state index is 0.258. The highest BCUT2D eigenvalue weighted by molar-refractivity contribution is 7.28. The zero-order chi connectivity index (χ0) is 81.0. The Balaban J connectivity index is 0.000000108. The molecule has 0 N–H and O–H groups in total. The zero-order valence-corrected chi connectivity index (χ0v) is 70.3. The number of benzene rings is 16. The standard InChI is InChI=1S/C50H28N4S2.C32H16ClN3S2.C24H24BNO2/c1-2-14-30(15-3-1)53-38-22-10-6-16-31(38)37-28-29(26-27-40(37)53)49-51-45-36-21-9-13-25-42(36)56-48(45)50(52-49)54-39-23-11-7-19-34(39)43-44-35-20-8-12-24-41(35)55-47(44)33-18-5-4-17-32(33)46(43)54;33-32-34-27-21-13-5-8-16-24(21)38-30(27)31(35-32)36-22-14-6-3-11-19(22)25-26-20-12-4-7-15-23(20)37-29(26)18-10-2-1-9-17(18)28(25)36;1-23(2)24(3,4)28-25(27-23)17-14-15-22-20(16-17)19-12-8-9-13-21(19)26(22)18-10-6-5-7-11-18/h1-28H;1-16H;5-16H,1-4H3. The molecule has 0 aliphatic carbocycles. The van der Waals surface area contributed by atoms with Crippen molar-refractivity contribution >= 4 is 259 Å². The smallest absolute Gasteiger partial charge is 0.399 e. The van der Waals surface area contributed by atoms with Gasteiger partial charge in [-0.3, -0.25) is 9.13 Å². The lowest BCUT2D eigenvalue weighted by atomic mass is 9.78. The van der Waals surface area contributed by atoms with E-state index in [0.717, 1.165) is 87.3 Å². The molecule has 1 saturated heterocycles. The van der Waals surface area contributed by atoms with Gasteiger partial charge in [-0.25, -0.2) is 15.0 Å². The molecule has 578 valence electrons. The van der Waals surface area contributed by atoms with E-state index in [0.29, 0.717) is 5.82 Å². The Labute approximate surface area is 719 Å². The second-order valence-corrected chi connectivity index (χ2v) is 37.1. The van der Waals surface area contributed by atoms with Crippen LogP contribution in [0.5, 0.6) is 0 Å². The number of thiophene rings is 4. The predicted octanol–water partition coefficient (Wildman–Crippen LogP) is 29.4. The van der Waals surface area contributed by atoms with Crippen LogP contribution in [0.1, 0.15) is 27.7 Å². The second kappa shape index (κ2) is 27.3. The summed E-state index contributed by atoms with van der Waals surface area (Å²) in [6.07, 6.45) is 0. The molecule has 16 heteroatoms. The van der Waals surface area contributed by atoms with E-state index >= 15 is 0 Å². The normalized spacial score (nSPS) is 13.7. The summed E-state index contributed by atoms with van der Waals surface area (Å²) in [5.41, 5.74) is 14.9. The van der Waals surface area contributed by atoms with Crippen molar-refractivity contribution in [2.45, 2.75) is 38.9 Å². The fraction of sp³-hybridized carbons (Fsp3) is 0.0566. The number of halogens is 1. The summed E-state index contributed by atoms with van der Waals surface area (Å²) in [5, 5.41) is 22.5. The molecule has 0 spiro atoms. The van der Waals surface area contributed by atoms with E-state index in [2.05, 4.69) is 380 Å². The maximum absolute atomic E-state index is 6.65. The Morgan fingerprint density at radius 2 is 0.623 bits per heavy atom. The van der Waals surface area contributed by atoms with Crippen LogP contribution in [-0.4, -0.2) is 56.5 Å². The molecule has 27 rings (SSSR count). The summed E-state index contributed by atoms with van der Waals surface area (Å²) in [6.45, 7) is 8.36. The number of aromatic nitrogens is 8. The lowest BCUT2D eigenvalue weighted by Crippen LogP contribution is -2.41. The SMILES string of the molecule is CC1(C)OB(c2ccc3c(c2)c2ccccc2n3-c2ccccc2)OC1(C)C.Clc1nc(-n2c3ccccc3c3c4c5ccccc5sc4c4ccccc4c32)c2sc3ccccc3c2n1.c1ccc(-n2c3ccccc3c3cc(-c4nc(-n5c6ccccc6c6c7c8ccccc8sc7c7ccccc7c65)c5sc6ccccc6c5n4)ccc32)cc1. The molecular weight excluding hydrogens is 1590 g/mol. The van der Waals surface area contributed by atoms with Crippen LogP contribution in [0, 0.1) is 0 Å². The average Bonchev–Trinajstić information content (AvgIpc) is 1.53. The molecule has 0 bridgehead atoms. The van der Waals surface area contributed by atoms with Crippen molar-refractivity contribution in [3.05, 3.63) is 345 Å². The van der Waals surface area contributed by atoms with Crippen molar-refractivity contribution in [3.63, 3.8) is 0 Å². The van der Waals surface area contributed by atoms with Crippen LogP contribution in [0.3, 0.4) is 0 Å². The molecule has 1 fully saturated rings. The summed E-state index contributed by atoms with van der Waals surface area (Å²) in [4.78, 5) is 20.7. The highest BCUT2D eigenvalue weighted by Gasteiger charge is 2.52. The number of rotatable bonds is 6. The first-order chi connectivity index (χ1) is 59.9. The van der Waals surface area contributed by atoms with Gasteiger partial charge in [-0.1, -0.05) is 243 Å². The van der Waals surface area contributed by atoms with Gasteiger partial charge in [-0.15, -0.1) is 45.3 Å². The van der Waals surface area contributed by atoms with Gasteiger partial charge in [0.15, 0.2) is 17.5 Å². The molecule has 26 aromatic rings.